The van der Waals surface area contributed by atoms with Gasteiger partial charge in [0.25, 0.3) is 0 Å². The monoisotopic (exact) mass is 608 g/mol. The highest BCUT2D eigenvalue weighted by atomic mass is 19.1. The molecule has 2 N–H and O–H groups in total. The number of carbonyl (C=O) groups excluding carboxylic acids is 2. The predicted molar refractivity (Wildman–Crippen MR) is 157 cm³/mol. The molecule has 2 aromatic rings. The van der Waals surface area contributed by atoms with Crippen molar-refractivity contribution in [3.8, 4) is 5.69 Å². The molecule has 2 heterocycles. The highest BCUT2D eigenvalue weighted by Gasteiger charge is 2.75. The van der Waals surface area contributed by atoms with Crippen molar-refractivity contribution in [1.82, 2.24) is 9.78 Å². The largest absolute Gasteiger partial charge is 0.465 e. The van der Waals surface area contributed by atoms with Gasteiger partial charge in [0.15, 0.2) is 17.7 Å². The number of hydrogen-bond acceptors (Lipinski definition) is 8. The molecule has 9 atom stereocenters. The van der Waals surface area contributed by atoms with Crippen LogP contribution in [0.4, 0.5) is 4.39 Å². The van der Waals surface area contributed by atoms with E-state index in [1.165, 1.54) is 24.8 Å². The van der Waals surface area contributed by atoms with Gasteiger partial charge in [-0.15, -0.1) is 0 Å². The van der Waals surface area contributed by atoms with Gasteiger partial charge in [0.1, 0.15) is 12.4 Å². The van der Waals surface area contributed by atoms with Crippen LogP contribution in [0, 0.1) is 34.4 Å². The lowest BCUT2D eigenvalue weighted by atomic mass is 9.45. The van der Waals surface area contributed by atoms with Crippen LogP contribution in [-0.4, -0.2) is 69.6 Å². The number of ketones is 1. The van der Waals surface area contributed by atoms with Gasteiger partial charge in [-0.2, -0.15) is 5.10 Å². The molecular formula is C34H41FN2O7. The maximum absolute atomic E-state index is 14.4. The summed E-state index contributed by atoms with van der Waals surface area (Å²) >= 11 is 0. The van der Waals surface area contributed by atoms with Crippen molar-refractivity contribution in [2.75, 3.05) is 13.7 Å². The Kier molecular flexibility index (Phi) is 6.97. The van der Waals surface area contributed by atoms with E-state index >= 15 is 0 Å². The van der Waals surface area contributed by atoms with E-state index in [2.05, 4.69) is 25.0 Å². The Bertz CT molecular complexity index is 1550. The van der Waals surface area contributed by atoms with Gasteiger partial charge in [-0.3, -0.25) is 4.79 Å². The minimum absolute atomic E-state index is 0.0413. The quantitative estimate of drug-likeness (QED) is 0.463. The standard InChI is InChI=1S/C34H41FN2O7/c1-5-6-29-43-28-13-23-21-9-7-19-11-25-18(16-36-37(25)20-8-10-24(35)22(12-20)31(41)42-4)14-32(19,2)30(21)26(39)15-33(23,3)34(28,44-29)27(40)17-38/h8,10-12,16,21,23,26,28-30,38-39H,5-7,9,13-15,17H2,1-4H3/t21-,23-,26-,28+,29-,30+,32-,33-,34+/m0/s1. The highest BCUT2D eigenvalue weighted by Crippen LogP contribution is 2.70. The van der Waals surface area contributed by atoms with Crippen LogP contribution in [0.15, 0.2) is 30.0 Å². The Morgan fingerprint density at radius 1 is 1.27 bits per heavy atom. The third-order valence-corrected chi connectivity index (χ3v) is 11.9. The number of halogens is 1. The number of rotatable bonds is 6. The van der Waals surface area contributed by atoms with E-state index in [4.69, 9.17) is 14.2 Å². The summed E-state index contributed by atoms with van der Waals surface area (Å²) < 4.78 is 33.8. The number of aromatic nitrogens is 2. The van der Waals surface area contributed by atoms with E-state index < -0.39 is 47.9 Å². The van der Waals surface area contributed by atoms with Crippen LogP contribution in [0.5, 0.6) is 0 Å². The summed E-state index contributed by atoms with van der Waals surface area (Å²) in [5.41, 5.74) is 1.31. The average Bonchev–Trinajstić information content (AvgIpc) is 3.64. The molecule has 1 aromatic heterocycles. The smallest absolute Gasteiger partial charge is 0.340 e. The van der Waals surface area contributed by atoms with Gasteiger partial charge in [0.05, 0.1) is 42.5 Å². The molecule has 236 valence electrons. The lowest BCUT2D eigenvalue weighted by Gasteiger charge is -2.60. The molecule has 0 unspecified atom stereocenters. The summed E-state index contributed by atoms with van der Waals surface area (Å²) in [7, 11) is 1.22. The van der Waals surface area contributed by atoms with Crippen molar-refractivity contribution < 1.29 is 38.4 Å². The lowest BCUT2D eigenvalue weighted by molar-refractivity contribution is -0.202. The number of ether oxygens (including phenoxy) is 3. The third-order valence-electron chi connectivity index (χ3n) is 11.9. The van der Waals surface area contributed by atoms with Crippen LogP contribution >= 0.6 is 0 Å². The maximum Gasteiger partial charge on any atom is 0.340 e. The van der Waals surface area contributed by atoms with Crippen LogP contribution in [0.2, 0.25) is 0 Å². The zero-order valence-electron chi connectivity index (χ0n) is 25.7. The Morgan fingerprint density at radius 3 is 2.80 bits per heavy atom. The van der Waals surface area contributed by atoms with Crippen molar-refractivity contribution in [2.45, 2.75) is 89.8 Å². The van der Waals surface area contributed by atoms with Crippen molar-refractivity contribution in [1.29, 1.82) is 0 Å². The van der Waals surface area contributed by atoms with Crippen molar-refractivity contribution >= 4 is 17.8 Å². The number of esters is 1. The molecule has 7 rings (SSSR count). The zero-order chi connectivity index (χ0) is 31.2. The molecule has 0 bridgehead atoms. The van der Waals surface area contributed by atoms with Gasteiger partial charge in [-0.1, -0.05) is 32.8 Å². The number of fused-ring (bicyclic) bond motifs is 8. The van der Waals surface area contributed by atoms with E-state index in [9.17, 15) is 24.2 Å². The zero-order valence-corrected chi connectivity index (χ0v) is 25.7. The van der Waals surface area contributed by atoms with Crippen LogP contribution in [0.1, 0.15) is 80.9 Å². The van der Waals surface area contributed by atoms with E-state index in [0.29, 0.717) is 31.4 Å². The topological polar surface area (TPSA) is 120 Å². The maximum atomic E-state index is 14.4. The molecular weight excluding hydrogens is 567 g/mol. The number of allylic oxidation sites excluding steroid dienone is 1. The molecule has 1 saturated heterocycles. The number of methoxy groups -OCH3 is 1. The first-order chi connectivity index (χ1) is 21.0. The fraction of sp³-hybridized carbons (Fsp3) is 0.618. The van der Waals surface area contributed by atoms with E-state index in [1.54, 1.807) is 10.7 Å². The van der Waals surface area contributed by atoms with Crippen LogP contribution in [-0.2, 0) is 25.4 Å². The van der Waals surface area contributed by atoms with Gasteiger partial charge in [-0.25, -0.2) is 13.9 Å². The summed E-state index contributed by atoms with van der Waals surface area (Å²) in [6, 6.07) is 4.30. The van der Waals surface area contributed by atoms with E-state index in [1.807, 2.05) is 13.1 Å². The fourth-order valence-electron chi connectivity index (χ4n) is 10.1. The fourth-order valence-corrected chi connectivity index (χ4v) is 10.1. The molecule has 10 heteroatoms. The minimum atomic E-state index is -1.26. The summed E-state index contributed by atoms with van der Waals surface area (Å²) in [6.45, 7) is 5.75. The Balaban J connectivity index is 1.23. The summed E-state index contributed by atoms with van der Waals surface area (Å²) in [6.07, 6.45) is 7.33. The van der Waals surface area contributed by atoms with Gasteiger partial charge < -0.3 is 24.4 Å². The van der Waals surface area contributed by atoms with Gasteiger partial charge in [-0.05, 0) is 91.5 Å². The highest BCUT2D eigenvalue weighted by molar-refractivity contribution is 5.91. The van der Waals surface area contributed by atoms with Gasteiger partial charge in [0.2, 0.25) is 0 Å². The average molecular weight is 609 g/mol. The molecule has 9 nitrogen and oxygen atoms in total. The Hall–Kier alpha value is -2.92. The molecule has 0 amide bonds. The number of aliphatic hydroxyl groups is 2. The molecule has 4 aliphatic carbocycles. The van der Waals surface area contributed by atoms with Gasteiger partial charge >= 0.3 is 5.97 Å². The normalized spacial score (nSPS) is 38.6. The predicted octanol–water partition coefficient (Wildman–Crippen LogP) is 4.40. The Morgan fingerprint density at radius 2 is 2.07 bits per heavy atom. The van der Waals surface area contributed by atoms with Crippen LogP contribution in [0.25, 0.3) is 11.8 Å². The van der Waals surface area contributed by atoms with Crippen molar-refractivity contribution in [3.63, 3.8) is 0 Å². The number of carbonyl (C=O) groups is 2. The molecule has 1 aromatic carbocycles. The van der Waals surface area contributed by atoms with Crippen molar-refractivity contribution in [3.05, 3.63) is 52.6 Å². The number of Topliss-reactive ketones (excluding diaryl/α,β-unsaturated/α-hetero) is 1. The van der Waals surface area contributed by atoms with Crippen LogP contribution < -0.4 is 0 Å². The minimum Gasteiger partial charge on any atom is -0.465 e. The van der Waals surface area contributed by atoms with Crippen molar-refractivity contribution in [2.24, 2.45) is 28.6 Å². The number of aliphatic hydroxyl groups excluding tert-OH is 2. The first-order valence-corrected chi connectivity index (χ1v) is 15.8. The molecule has 44 heavy (non-hydrogen) atoms. The molecule has 0 radical (unpaired) electrons. The summed E-state index contributed by atoms with van der Waals surface area (Å²) in [5, 5.41) is 26.8. The first kappa shape index (κ1) is 29.8. The number of nitrogens with zero attached hydrogens (tertiary/aromatic N) is 2. The van der Waals surface area contributed by atoms with Gasteiger partial charge in [0, 0.05) is 5.41 Å². The van der Waals surface area contributed by atoms with Crippen LogP contribution in [0.3, 0.4) is 0 Å². The number of hydrogen-bond donors (Lipinski definition) is 2. The molecule has 1 aliphatic heterocycles. The number of benzene rings is 1. The Labute approximate surface area is 256 Å². The second kappa shape index (κ2) is 10.3. The summed E-state index contributed by atoms with van der Waals surface area (Å²) in [5.74, 6) is -1.54. The van der Waals surface area contributed by atoms with E-state index in [0.717, 1.165) is 30.5 Å². The van der Waals surface area contributed by atoms with E-state index in [-0.39, 0.29) is 34.5 Å². The molecule has 3 saturated carbocycles. The third kappa shape index (κ3) is 3.87. The molecule has 4 fully saturated rings. The SMILES string of the molecule is CCC[C@H]1O[C@@H]2C[C@H]3[C@@H]4CCC5=Cc6c(cnn6-c6ccc(F)c(C(=O)OC)c6)C[C@]5(C)[C@H]4[C@@H](O)C[C@]3(C)[C@]2(C(=O)CO)O1. The second-order valence-electron chi connectivity index (χ2n) is 13.9. The lowest BCUT2D eigenvalue weighted by Crippen LogP contribution is -2.64. The first-order valence-electron chi connectivity index (χ1n) is 15.8. The second-order valence-corrected chi connectivity index (χ2v) is 13.9. The molecule has 5 aliphatic rings. The summed E-state index contributed by atoms with van der Waals surface area (Å²) in [4.78, 5) is 25.7. The molecule has 0 spiro atoms.